The van der Waals surface area contributed by atoms with Gasteiger partial charge in [-0.3, -0.25) is 0 Å². The van der Waals surface area contributed by atoms with Crippen LogP contribution in [0, 0.1) is 0 Å². The van der Waals surface area contributed by atoms with Crippen LogP contribution in [0.4, 0.5) is 0 Å². The highest BCUT2D eigenvalue weighted by Gasteiger charge is 2.38. The number of hydrogen-bond acceptors (Lipinski definition) is 7. The molecule has 0 unspecified atom stereocenters. The Labute approximate surface area is 158 Å². The molecule has 2 aromatic rings. The molecule has 1 aliphatic carbocycles. The van der Waals surface area contributed by atoms with Crippen LogP contribution < -0.4 is 5.73 Å². The van der Waals surface area contributed by atoms with Crippen LogP contribution in [-0.2, 0) is 20.3 Å². The number of aromatic nitrogens is 2. The molecule has 144 valence electrons. The summed E-state index contributed by atoms with van der Waals surface area (Å²) in [6.07, 6.45) is 6.32. The van der Waals surface area contributed by atoms with E-state index in [1.165, 1.54) is 4.31 Å². The van der Waals surface area contributed by atoms with Crippen LogP contribution in [0.2, 0.25) is 0 Å². The fraction of sp³-hybridized carbons (Fsp3) is 0.444. The van der Waals surface area contributed by atoms with Crippen LogP contribution in [0.3, 0.4) is 0 Å². The van der Waals surface area contributed by atoms with Crippen molar-refractivity contribution in [2.45, 2.75) is 29.7 Å². The summed E-state index contributed by atoms with van der Waals surface area (Å²) < 4.78 is 37.1. The molecule has 9 heteroatoms. The molecule has 0 radical (unpaired) electrons. The number of morpholine rings is 1. The summed E-state index contributed by atoms with van der Waals surface area (Å²) in [4.78, 5) is 4.61. The van der Waals surface area contributed by atoms with E-state index in [0.717, 1.165) is 24.8 Å². The molecule has 0 amide bonds. The molecule has 2 fully saturated rings. The first-order valence-corrected chi connectivity index (χ1v) is 10.4. The van der Waals surface area contributed by atoms with Crippen molar-refractivity contribution in [3.8, 4) is 0 Å². The van der Waals surface area contributed by atoms with Gasteiger partial charge in [-0.15, -0.1) is 0 Å². The predicted molar refractivity (Wildman–Crippen MR) is 99.0 cm³/mol. The van der Waals surface area contributed by atoms with Gasteiger partial charge in [-0.2, -0.15) is 9.29 Å². The summed E-state index contributed by atoms with van der Waals surface area (Å²) in [7, 11) is -3.48. The molecule has 1 saturated carbocycles. The van der Waals surface area contributed by atoms with E-state index in [4.69, 9.17) is 15.0 Å². The molecule has 1 aromatic heterocycles. The van der Waals surface area contributed by atoms with Gasteiger partial charge in [-0.25, -0.2) is 8.42 Å². The fourth-order valence-electron chi connectivity index (χ4n) is 3.14. The van der Waals surface area contributed by atoms with Crippen molar-refractivity contribution in [1.82, 2.24) is 14.4 Å². The lowest BCUT2D eigenvalue weighted by molar-refractivity contribution is 0.0730. The first-order chi connectivity index (χ1) is 13.0. The van der Waals surface area contributed by atoms with Gasteiger partial charge in [0, 0.05) is 19.2 Å². The molecule has 0 bridgehead atoms. The van der Waals surface area contributed by atoms with Gasteiger partial charge in [0.05, 0.1) is 23.6 Å². The van der Waals surface area contributed by atoms with Gasteiger partial charge in [0.1, 0.15) is 0 Å². The lowest BCUT2D eigenvalue weighted by Crippen LogP contribution is -2.44. The minimum absolute atomic E-state index is 0.275. The van der Waals surface area contributed by atoms with E-state index in [2.05, 4.69) is 10.1 Å². The number of rotatable bonds is 5. The van der Waals surface area contributed by atoms with Gasteiger partial charge in [-0.05, 0) is 43.0 Å². The number of sulfonamides is 1. The van der Waals surface area contributed by atoms with Gasteiger partial charge in [0.15, 0.2) is 5.82 Å². The smallest absolute Gasteiger partial charge is 0.250 e. The van der Waals surface area contributed by atoms with E-state index in [1.807, 2.05) is 0 Å². The Bertz CT molecular complexity index is 927. The third-order valence-electron chi connectivity index (χ3n) is 5.04. The van der Waals surface area contributed by atoms with Crippen LogP contribution >= 0.6 is 0 Å². The first kappa shape index (κ1) is 18.3. The molecule has 27 heavy (non-hydrogen) atoms. The van der Waals surface area contributed by atoms with Crippen LogP contribution in [-0.4, -0.2) is 49.2 Å². The molecule has 2 N–H and O–H groups in total. The minimum Gasteiger partial charge on any atom is -0.379 e. The van der Waals surface area contributed by atoms with Crippen molar-refractivity contribution in [3.63, 3.8) is 0 Å². The van der Waals surface area contributed by atoms with Crippen molar-refractivity contribution in [3.05, 3.63) is 41.5 Å². The van der Waals surface area contributed by atoms with Crippen LogP contribution in [0.25, 0.3) is 12.2 Å². The number of nitrogens with zero attached hydrogens (tertiary/aromatic N) is 3. The zero-order valence-electron chi connectivity index (χ0n) is 14.9. The Morgan fingerprint density at radius 1 is 1.11 bits per heavy atom. The lowest BCUT2D eigenvalue weighted by Gasteiger charge is -2.34. The molecular formula is C18H22N4O4S. The summed E-state index contributed by atoms with van der Waals surface area (Å²) in [6.45, 7) is 1.62. The number of benzene rings is 1. The average molecular weight is 390 g/mol. The SMILES string of the molecule is NC1(c2noc(/C=C/c3ccc(S(=O)(=O)N4CCOCC4)cc3)n2)CCC1. The largest absolute Gasteiger partial charge is 0.379 e. The third kappa shape index (κ3) is 3.68. The minimum atomic E-state index is -3.48. The Morgan fingerprint density at radius 3 is 2.44 bits per heavy atom. The molecule has 4 rings (SSSR count). The van der Waals surface area contributed by atoms with Crippen LogP contribution in [0.15, 0.2) is 33.7 Å². The van der Waals surface area contributed by atoms with E-state index in [1.54, 1.807) is 36.4 Å². The van der Waals surface area contributed by atoms with Gasteiger partial charge in [-0.1, -0.05) is 17.3 Å². The van der Waals surface area contributed by atoms with Crippen molar-refractivity contribution in [1.29, 1.82) is 0 Å². The topological polar surface area (TPSA) is 112 Å². The molecule has 1 aromatic carbocycles. The second kappa shape index (κ2) is 7.16. The Balaban J connectivity index is 1.45. The monoisotopic (exact) mass is 390 g/mol. The third-order valence-corrected chi connectivity index (χ3v) is 6.95. The van der Waals surface area contributed by atoms with Crippen molar-refractivity contribution < 1.29 is 17.7 Å². The van der Waals surface area contributed by atoms with Crippen LogP contribution in [0.5, 0.6) is 0 Å². The van der Waals surface area contributed by atoms with Crippen molar-refractivity contribution >= 4 is 22.2 Å². The number of nitrogens with two attached hydrogens (primary N) is 1. The molecule has 1 saturated heterocycles. The van der Waals surface area contributed by atoms with E-state index in [9.17, 15) is 8.42 Å². The summed E-state index contributed by atoms with van der Waals surface area (Å²) in [5, 5.41) is 3.96. The molecule has 2 heterocycles. The van der Waals surface area contributed by atoms with Gasteiger partial charge in [0.2, 0.25) is 10.0 Å². The molecular weight excluding hydrogens is 368 g/mol. The maximum atomic E-state index is 12.6. The molecule has 8 nitrogen and oxygen atoms in total. The predicted octanol–water partition coefficient (Wildman–Crippen LogP) is 1.60. The zero-order chi connectivity index (χ0) is 18.9. The maximum absolute atomic E-state index is 12.6. The van der Waals surface area contributed by atoms with E-state index < -0.39 is 15.6 Å². The van der Waals surface area contributed by atoms with E-state index >= 15 is 0 Å². The van der Waals surface area contributed by atoms with Crippen LogP contribution in [0.1, 0.15) is 36.5 Å². The molecule has 0 spiro atoms. The Morgan fingerprint density at radius 2 is 1.81 bits per heavy atom. The number of ether oxygens (including phenoxy) is 1. The summed E-state index contributed by atoms with van der Waals surface area (Å²) in [5.41, 5.74) is 6.57. The Hall–Kier alpha value is -2.07. The summed E-state index contributed by atoms with van der Waals surface area (Å²) in [5.74, 6) is 0.923. The lowest BCUT2D eigenvalue weighted by atomic mass is 9.77. The second-order valence-corrected chi connectivity index (χ2v) is 8.82. The standard InChI is InChI=1S/C18H22N4O4S/c19-18(8-1-9-18)17-20-16(26-21-17)7-4-14-2-5-15(6-3-14)27(23,24)22-10-12-25-13-11-22/h2-7H,1,8-13,19H2/b7-4+. The Kier molecular flexibility index (Phi) is 4.85. The van der Waals surface area contributed by atoms with Gasteiger partial charge < -0.3 is 15.0 Å². The highest BCUT2D eigenvalue weighted by molar-refractivity contribution is 7.89. The van der Waals surface area contributed by atoms with E-state index in [-0.39, 0.29) is 4.90 Å². The second-order valence-electron chi connectivity index (χ2n) is 6.88. The average Bonchev–Trinajstić information content (AvgIpc) is 3.15. The molecule has 2 aliphatic rings. The first-order valence-electron chi connectivity index (χ1n) is 8.97. The number of hydrogen-bond donors (Lipinski definition) is 1. The van der Waals surface area contributed by atoms with Crippen molar-refractivity contribution in [2.24, 2.45) is 5.73 Å². The van der Waals surface area contributed by atoms with Crippen molar-refractivity contribution in [2.75, 3.05) is 26.3 Å². The van der Waals surface area contributed by atoms with Gasteiger partial charge in [0.25, 0.3) is 5.89 Å². The quantitative estimate of drug-likeness (QED) is 0.825. The maximum Gasteiger partial charge on any atom is 0.250 e. The fourth-order valence-corrected chi connectivity index (χ4v) is 4.55. The summed E-state index contributed by atoms with van der Waals surface area (Å²) in [6, 6.07) is 6.70. The zero-order valence-corrected chi connectivity index (χ0v) is 15.7. The highest BCUT2D eigenvalue weighted by Crippen LogP contribution is 2.36. The summed E-state index contributed by atoms with van der Waals surface area (Å²) >= 11 is 0. The molecule has 0 atom stereocenters. The van der Waals surface area contributed by atoms with E-state index in [0.29, 0.717) is 38.0 Å². The highest BCUT2D eigenvalue weighted by atomic mass is 32.2. The normalized spacial score (nSPS) is 20.6. The molecule has 1 aliphatic heterocycles. The van der Waals surface area contributed by atoms with Gasteiger partial charge >= 0.3 is 0 Å².